The van der Waals surface area contributed by atoms with Crippen LogP contribution in [0.4, 0.5) is 0 Å². The molecule has 3 aromatic heterocycles. The molecule has 19 heavy (non-hydrogen) atoms. The number of carbonyl (C=O) groups excluding carboxylic acids is 1. The highest BCUT2D eigenvalue weighted by atomic mass is 16.5. The zero-order valence-corrected chi connectivity index (χ0v) is 10.1. The van der Waals surface area contributed by atoms with Crippen molar-refractivity contribution in [1.29, 1.82) is 0 Å². The Balaban J connectivity index is 2.27. The second kappa shape index (κ2) is 4.49. The van der Waals surface area contributed by atoms with Crippen molar-refractivity contribution in [2.24, 2.45) is 0 Å². The van der Waals surface area contributed by atoms with Crippen LogP contribution in [0.2, 0.25) is 0 Å². The Hall–Kier alpha value is -2.76. The number of esters is 1. The van der Waals surface area contributed by atoms with Crippen molar-refractivity contribution in [2.45, 2.75) is 0 Å². The van der Waals surface area contributed by atoms with Crippen LogP contribution in [0.5, 0.6) is 0 Å². The predicted molar refractivity (Wildman–Crippen MR) is 67.6 cm³/mol. The molecule has 0 saturated heterocycles. The summed E-state index contributed by atoms with van der Waals surface area (Å²) in [6.45, 7) is 0. The molecule has 0 unspecified atom stereocenters. The summed E-state index contributed by atoms with van der Waals surface area (Å²) in [6, 6.07) is 7.24. The molecule has 0 bridgehead atoms. The van der Waals surface area contributed by atoms with Crippen LogP contribution in [0.25, 0.3) is 16.8 Å². The lowest BCUT2D eigenvalue weighted by atomic mass is 10.1. The van der Waals surface area contributed by atoms with Crippen LogP contribution in [0.3, 0.4) is 0 Å². The largest absolute Gasteiger partial charge is 0.465 e. The molecule has 0 aliphatic carbocycles. The average Bonchev–Trinajstić information content (AvgIpc) is 2.94. The molecule has 0 fully saturated rings. The number of aromatic nitrogens is 4. The second-order valence-electron chi connectivity index (χ2n) is 3.89. The van der Waals surface area contributed by atoms with Crippen molar-refractivity contribution in [3.05, 3.63) is 48.4 Å². The highest BCUT2D eigenvalue weighted by molar-refractivity contribution is 5.96. The SMILES string of the molecule is COC(=O)c1ccncc1-c1cccc2cnnn12. The maximum Gasteiger partial charge on any atom is 0.338 e. The Morgan fingerprint density at radius 3 is 3.00 bits per heavy atom. The predicted octanol–water partition coefficient (Wildman–Crippen LogP) is 1.58. The molecule has 0 aromatic carbocycles. The first kappa shape index (κ1) is 11.3. The smallest absolute Gasteiger partial charge is 0.338 e. The highest BCUT2D eigenvalue weighted by Gasteiger charge is 2.15. The topological polar surface area (TPSA) is 69.4 Å². The van der Waals surface area contributed by atoms with Gasteiger partial charge in [0.05, 0.1) is 30.1 Å². The van der Waals surface area contributed by atoms with Gasteiger partial charge in [-0.1, -0.05) is 11.3 Å². The third kappa shape index (κ3) is 1.83. The van der Waals surface area contributed by atoms with Gasteiger partial charge in [-0.15, -0.1) is 5.10 Å². The number of methoxy groups -OCH3 is 1. The summed E-state index contributed by atoms with van der Waals surface area (Å²) in [5.74, 6) is -0.408. The summed E-state index contributed by atoms with van der Waals surface area (Å²) in [4.78, 5) is 15.8. The summed E-state index contributed by atoms with van der Waals surface area (Å²) in [5.41, 5.74) is 2.69. The molecule has 0 atom stereocenters. The lowest BCUT2D eigenvalue weighted by Gasteiger charge is -2.08. The standard InChI is InChI=1S/C13H10N4O2/c1-19-13(18)10-5-6-14-8-11(10)12-4-2-3-9-7-15-16-17(9)12/h2-8H,1H3. The molecule has 0 spiro atoms. The van der Waals surface area contributed by atoms with E-state index in [1.165, 1.54) is 7.11 Å². The van der Waals surface area contributed by atoms with Crippen LogP contribution in [0.1, 0.15) is 10.4 Å². The van der Waals surface area contributed by atoms with Gasteiger partial charge in [-0.2, -0.15) is 0 Å². The molecule has 94 valence electrons. The van der Waals surface area contributed by atoms with Gasteiger partial charge >= 0.3 is 5.97 Å². The first-order valence-corrected chi connectivity index (χ1v) is 5.63. The minimum atomic E-state index is -0.408. The van der Waals surface area contributed by atoms with E-state index in [0.29, 0.717) is 11.1 Å². The van der Waals surface area contributed by atoms with Crippen molar-refractivity contribution in [3.8, 4) is 11.3 Å². The van der Waals surface area contributed by atoms with E-state index in [1.807, 2.05) is 18.2 Å². The van der Waals surface area contributed by atoms with Gasteiger partial charge in [-0.05, 0) is 18.2 Å². The molecular weight excluding hydrogens is 244 g/mol. The maximum atomic E-state index is 11.8. The van der Waals surface area contributed by atoms with E-state index in [1.54, 1.807) is 29.2 Å². The van der Waals surface area contributed by atoms with Gasteiger partial charge in [-0.25, -0.2) is 9.31 Å². The van der Waals surface area contributed by atoms with E-state index in [4.69, 9.17) is 4.74 Å². The summed E-state index contributed by atoms with van der Waals surface area (Å²) < 4.78 is 6.44. The van der Waals surface area contributed by atoms with E-state index in [9.17, 15) is 4.79 Å². The monoisotopic (exact) mass is 254 g/mol. The fraction of sp³-hybridized carbons (Fsp3) is 0.0769. The second-order valence-corrected chi connectivity index (χ2v) is 3.89. The van der Waals surface area contributed by atoms with E-state index < -0.39 is 5.97 Å². The Kier molecular flexibility index (Phi) is 2.68. The van der Waals surface area contributed by atoms with Crippen LogP contribution in [-0.4, -0.2) is 32.9 Å². The van der Waals surface area contributed by atoms with Crippen LogP contribution >= 0.6 is 0 Å². The molecule has 0 amide bonds. The van der Waals surface area contributed by atoms with Crippen LogP contribution in [0.15, 0.2) is 42.9 Å². The fourth-order valence-corrected chi connectivity index (χ4v) is 1.94. The Morgan fingerprint density at radius 1 is 1.26 bits per heavy atom. The van der Waals surface area contributed by atoms with Crippen molar-refractivity contribution in [2.75, 3.05) is 7.11 Å². The fourth-order valence-electron chi connectivity index (χ4n) is 1.94. The zero-order valence-electron chi connectivity index (χ0n) is 10.1. The summed E-state index contributed by atoms with van der Waals surface area (Å²) in [6.07, 6.45) is 4.82. The lowest BCUT2D eigenvalue weighted by molar-refractivity contribution is 0.0601. The van der Waals surface area contributed by atoms with Gasteiger partial charge in [0.1, 0.15) is 0 Å². The van der Waals surface area contributed by atoms with Gasteiger partial charge in [0.15, 0.2) is 0 Å². The van der Waals surface area contributed by atoms with E-state index in [-0.39, 0.29) is 0 Å². The van der Waals surface area contributed by atoms with Crippen LogP contribution in [-0.2, 0) is 4.74 Å². The Bertz CT molecular complexity index is 751. The molecule has 6 heteroatoms. The quantitative estimate of drug-likeness (QED) is 0.649. The number of fused-ring (bicyclic) bond motifs is 1. The van der Waals surface area contributed by atoms with Crippen molar-refractivity contribution >= 4 is 11.5 Å². The highest BCUT2D eigenvalue weighted by Crippen LogP contribution is 2.23. The minimum absolute atomic E-state index is 0.408. The van der Waals surface area contributed by atoms with Crippen molar-refractivity contribution in [1.82, 2.24) is 19.8 Å². The van der Waals surface area contributed by atoms with Crippen molar-refractivity contribution in [3.63, 3.8) is 0 Å². The first-order chi connectivity index (χ1) is 9.31. The molecule has 0 aliphatic heterocycles. The van der Waals surface area contributed by atoms with E-state index >= 15 is 0 Å². The number of ether oxygens (including phenoxy) is 1. The molecule has 0 saturated carbocycles. The van der Waals surface area contributed by atoms with Crippen LogP contribution < -0.4 is 0 Å². The molecule has 3 heterocycles. The van der Waals surface area contributed by atoms with Gasteiger partial charge in [0.2, 0.25) is 0 Å². The van der Waals surface area contributed by atoms with Gasteiger partial charge in [-0.3, -0.25) is 4.98 Å². The number of hydrogen-bond donors (Lipinski definition) is 0. The number of nitrogens with zero attached hydrogens (tertiary/aromatic N) is 4. The van der Waals surface area contributed by atoms with Crippen LogP contribution in [0, 0.1) is 0 Å². The normalized spacial score (nSPS) is 10.6. The average molecular weight is 254 g/mol. The van der Waals surface area contributed by atoms with Gasteiger partial charge in [0, 0.05) is 18.0 Å². The van der Waals surface area contributed by atoms with Crippen molar-refractivity contribution < 1.29 is 9.53 Å². The van der Waals surface area contributed by atoms with Gasteiger partial charge in [0.25, 0.3) is 0 Å². The molecule has 0 aliphatic rings. The third-order valence-corrected chi connectivity index (χ3v) is 2.83. The first-order valence-electron chi connectivity index (χ1n) is 5.63. The molecule has 0 N–H and O–H groups in total. The maximum absolute atomic E-state index is 11.8. The molecule has 3 rings (SSSR count). The molecule has 6 nitrogen and oxygen atoms in total. The third-order valence-electron chi connectivity index (χ3n) is 2.83. The Labute approximate surface area is 108 Å². The number of hydrogen-bond acceptors (Lipinski definition) is 5. The molecule has 3 aromatic rings. The number of pyridine rings is 2. The van der Waals surface area contributed by atoms with E-state index in [0.717, 1.165) is 11.2 Å². The summed E-state index contributed by atoms with van der Waals surface area (Å²) >= 11 is 0. The minimum Gasteiger partial charge on any atom is -0.465 e. The zero-order chi connectivity index (χ0) is 13.2. The number of rotatable bonds is 2. The summed E-state index contributed by atoms with van der Waals surface area (Å²) in [7, 11) is 1.35. The van der Waals surface area contributed by atoms with E-state index in [2.05, 4.69) is 15.3 Å². The number of carbonyl (C=O) groups is 1. The summed E-state index contributed by atoms with van der Waals surface area (Å²) in [5, 5.41) is 7.87. The Morgan fingerprint density at radius 2 is 2.16 bits per heavy atom. The molecular formula is C13H10N4O2. The molecule has 0 radical (unpaired) electrons. The lowest BCUT2D eigenvalue weighted by Crippen LogP contribution is -2.06. The van der Waals surface area contributed by atoms with Gasteiger partial charge < -0.3 is 4.74 Å².